The van der Waals surface area contributed by atoms with Crippen LogP contribution in [0.2, 0.25) is 0 Å². The lowest BCUT2D eigenvalue weighted by Gasteiger charge is -1.98. The number of benzene rings is 1. The fraction of sp³-hybridized carbons (Fsp3) is 0.357. The van der Waals surface area contributed by atoms with Gasteiger partial charge >= 0.3 is 0 Å². The van der Waals surface area contributed by atoms with E-state index in [1.807, 2.05) is 18.2 Å². The maximum atomic E-state index is 8.81. The van der Waals surface area contributed by atoms with Gasteiger partial charge < -0.3 is 9.15 Å². The van der Waals surface area contributed by atoms with Gasteiger partial charge in [0.1, 0.15) is 18.0 Å². The maximum absolute atomic E-state index is 8.81. The van der Waals surface area contributed by atoms with Crippen LogP contribution in [0.15, 0.2) is 28.7 Å². The van der Waals surface area contributed by atoms with E-state index in [1.54, 1.807) is 6.07 Å². The Morgan fingerprint density at radius 3 is 3.00 bits per heavy atom. The number of hydrogen-bond acceptors (Lipinski definition) is 3. The number of ether oxygens (including phenoxy) is 1. The van der Waals surface area contributed by atoms with Crippen molar-refractivity contribution < 1.29 is 9.15 Å². The van der Waals surface area contributed by atoms with Gasteiger partial charge in [0.15, 0.2) is 0 Å². The Morgan fingerprint density at radius 2 is 2.24 bits per heavy atom. The Hall–Kier alpha value is -1.79. The van der Waals surface area contributed by atoms with Crippen molar-refractivity contribution in [2.45, 2.75) is 19.4 Å². The lowest BCUT2D eigenvalue weighted by Crippen LogP contribution is -1.95. The highest BCUT2D eigenvalue weighted by molar-refractivity contribution is 5.79. The SMILES string of the molecule is N#Cc1ccc2oc(COCC3CC3)cc2c1. The lowest BCUT2D eigenvalue weighted by atomic mass is 10.2. The van der Waals surface area contributed by atoms with E-state index < -0.39 is 0 Å². The minimum Gasteiger partial charge on any atom is -0.459 e. The summed E-state index contributed by atoms with van der Waals surface area (Å²) in [5, 5.41) is 9.77. The van der Waals surface area contributed by atoms with Gasteiger partial charge in [-0.25, -0.2) is 0 Å². The van der Waals surface area contributed by atoms with E-state index in [1.165, 1.54) is 12.8 Å². The Bertz CT molecular complexity index is 575. The van der Waals surface area contributed by atoms with Crippen molar-refractivity contribution >= 4 is 11.0 Å². The summed E-state index contributed by atoms with van der Waals surface area (Å²) in [6.07, 6.45) is 2.59. The summed E-state index contributed by atoms with van der Waals surface area (Å²) in [5.41, 5.74) is 1.47. The lowest BCUT2D eigenvalue weighted by molar-refractivity contribution is 0.0984. The molecular weight excluding hydrogens is 214 g/mol. The van der Waals surface area contributed by atoms with Crippen molar-refractivity contribution in [3.63, 3.8) is 0 Å². The van der Waals surface area contributed by atoms with Gasteiger partial charge in [-0.1, -0.05) is 0 Å². The van der Waals surface area contributed by atoms with Crippen molar-refractivity contribution in [1.82, 2.24) is 0 Å². The zero-order valence-electron chi connectivity index (χ0n) is 9.48. The first-order chi connectivity index (χ1) is 8.35. The second-order valence-corrected chi connectivity index (χ2v) is 4.54. The number of furan rings is 1. The molecular formula is C14H13NO2. The number of nitrogens with zero attached hydrogens (tertiary/aromatic N) is 1. The van der Waals surface area contributed by atoms with Gasteiger partial charge in [-0.15, -0.1) is 0 Å². The highest BCUT2D eigenvalue weighted by Crippen LogP contribution is 2.29. The van der Waals surface area contributed by atoms with Crippen molar-refractivity contribution in [3.05, 3.63) is 35.6 Å². The van der Waals surface area contributed by atoms with E-state index >= 15 is 0 Å². The molecule has 1 aromatic carbocycles. The molecule has 1 aromatic heterocycles. The number of fused-ring (bicyclic) bond motifs is 1. The predicted molar refractivity (Wildman–Crippen MR) is 63.3 cm³/mol. The monoisotopic (exact) mass is 227 g/mol. The van der Waals surface area contributed by atoms with Gasteiger partial charge in [0.2, 0.25) is 0 Å². The van der Waals surface area contributed by atoms with Crippen molar-refractivity contribution in [2.75, 3.05) is 6.61 Å². The molecule has 0 bridgehead atoms. The van der Waals surface area contributed by atoms with E-state index in [2.05, 4.69) is 6.07 Å². The Labute approximate surface area is 99.6 Å². The molecule has 1 aliphatic rings. The third kappa shape index (κ3) is 2.32. The molecule has 0 unspecified atom stereocenters. The van der Waals surface area contributed by atoms with Crippen molar-refractivity contribution in [2.24, 2.45) is 5.92 Å². The van der Waals surface area contributed by atoms with Crippen LogP contribution in [0.5, 0.6) is 0 Å². The van der Waals surface area contributed by atoms with Crippen LogP contribution in [0.25, 0.3) is 11.0 Å². The van der Waals surface area contributed by atoms with Crippen LogP contribution in [0.3, 0.4) is 0 Å². The van der Waals surface area contributed by atoms with Crippen LogP contribution in [-0.4, -0.2) is 6.61 Å². The molecule has 17 heavy (non-hydrogen) atoms. The van der Waals surface area contributed by atoms with E-state index in [0.29, 0.717) is 12.2 Å². The average molecular weight is 227 g/mol. The molecule has 2 aromatic rings. The first-order valence-corrected chi connectivity index (χ1v) is 5.85. The molecule has 0 N–H and O–H groups in total. The average Bonchev–Trinajstić information content (AvgIpc) is 3.07. The molecule has 0 radical (unpaired) electrons. The highest BCUT2D eigenvalue weighted by atomic mass is 16.5. The first kappa shape index (κ1) is 10.4. The number of hydrogen-bond donors (Lipinski definition) is 0. The zero-order valence-corrected chi connectivity index (χ0v) is 9.48. The molecule has 0 atom stereocenters. The normalized spacial score (nSPS) is 15.0. The van der Waals surface area contributed by atoms with Crippen molar-refractivity contribution in [3.8, 4) is 6.07 Å². The van der Waals surface area contributed by atoms with Gasteiger partial charge in [-0.3, -0.25) is 0 Å². The smallest absolute Gasteiger partial charge is 0.134 e. The molecule has 0 aliphatic heterocycles. The zero-order chi connectivity index (χ0) is 11.7. The van der Waals surface area contributed by atoms with E-state index in [-0.39, 0.29) is 0 Å². The summed E-state index contributed by atoms with van der Waals surface area (Å²) in [5.74, 6) is 1.60. The second-order valence-electron chi connectivity index (χ2n) is 4.54. The summed E-state index contributed by atoms with van der Waals surface area (Å²) in [6.45, 7) is 1.35. The first-order valence-electron chi connectivity index (χ1n) is 5.85. The van der Waals surface area contributed by atoms with E-state index in [4.69, 9.17) is 14.4 Å². The number of nitriles is 1. The molecule has 1 heterocycles. The van der Waals surface area contributed by atoms with Gasteiger partial charge in [-0.05, 0) is 43.0 Å². The molecule has 86 valence electrons. The molecule has 1 saturated carbocycles. The summed E-state index contributed by atoms with van der Waals surface area (Å²) in [6, 6.07) is 9.50. The van der Waals surface area contributed by atoms with Gasteiger partial charge in [-0.2, -0.15) is 5.26 Å². The van der Waals surface area contributed by atoms with Crippen LogP contribution >= 0.6 is 0 Å². The van der Waals surface area contributed by atoms with Gasteiger partial charge in [0.05, 0.1) is 11.6 Å². The predicted octanol–water partition coefficient (Wildman–Crippen LogP) is 3.23. The molecule has 0 spiro atoms. The molecule has 3 heteroatoms. The Morgan fingerprint density at radius 1 is 1.35 bits per heavy atom. The Balaban J connectivity index is 1.73. The highest BCUT2D eigenvalue weighted by Gasteiger charge is 2.21. The number of rotatable bonds is 4. The van der Waals surface area contributed by atoms with Crippen LogP contribution in [0.4, 0.5) is 0 Å². The summed E-state index contributed by atoms with van der Waals surface area (Å²) < 4.78 is 11.2. The molecule has 3 rings (SSSR count). The summed E-state index contributed by atoms with van der Waals surface area (Å²) >= 11 is 0. The molecule has 1 aliphatic carbocycles. The Kier molecular flexibility index (Phi) is 2.58. The van der Waals surface area contributed by atoms with Gasteiger partial charge in [0, 0.05) is 12.0 Å². The fourth-order valence-electron chi connectivity index (χ4n) is 1.85. The van der Waals surface area contributed by atoms with Crippen LogP contribution < -0.4 is 0 Å². The van der Waals surface area contributed by atoms with E-state index in [9.17, 15) is 0 Å². The summed E-state index contributed by atoms with van der Waals surface area (Å²) in [4.78, 5) is 0. The van der Waals surface area contributed by atoms with Gasteiger partial charge in [0.25, 0.3) is 0 Å². The largest absolute Gasteiger partial charge is 0.459 e. The van der Waals surface area contributed by atoms with Crippen LogP contribution in [-0.2, 0) is 11.3 Å². The third-order valence-electron chi connectivity index (χ3n) is 2.99. The standard InChI is InChI=1S/C14H13NO2/c15-7-11-3-4-14-12(5-11)6-13(17-14)9-16-8-10-1-2-10/h3-6,10H,1-2,8-9H2. The summed E-state index contributed by atoms with van der Waals surface area (Å²) in [7, 11) is 0. The topological polar surface area (TPSA) is 46.2 Å². The fourth-order valence-corrected chi connectivity index (χ4v) is 1.85. The van der Waals surface area contributed by atoms with E-state index in [0.717, 1.165) is 29.3 Å². The van der Waals surface area contributed by atoms with Crippen LogP contribution in [0.1, 0.15) is 24.2 Å². The maximum Gasteiger partial charge on any atom is 0.134 e. The molecule has 1 fully saturated rings. The minimum absolute atomic E-state index is 0.521. The second kappa shape index (κ2) is 4.23. The van der Waals surface area contributed by atoms with Crippen LogP contribution in [0, 0.1) is 17.2 Å². The quantitative estimate of drug-likeness (QED) is 0.805. The minimum atomic E-state index is 0.521. The molecule has 0 amide bonds. The third-order valence-corrected chi connectivity index (χ3v) is 2.99. The van der Waals surface area contributed by atoms with Crippen molar-refractivity contribution in [1.29, 1.82) is 5.26 Å². The molecule has 0 saturated heterocycles. The molecule has 3 nitrogen and oxygen atoms in total.